The van der Waals surface area contributed by atoms with E-state index in [1.165, 1.54) is 0 Å². The largest absolute Gasteiger partial charge is 0.367 e. The second kappa shape index (κ2) is 4.96. The Morgan fingerprint density at radius 2 is 2.05 bits per heavy atom. The van der Waals surface area contributed by atoms with Crippen LogP contribution < -0.4 is 10.2 Å². The highest BCUT2D eigenvalue weighted by Gasteiger charge is 2.18. The van der Waals surface area contributed by atoms with Crippen molar-refractivity contribution >= 4 is 27.7 Å². The maximum Gasteiger partial charge on any atom is 0.203 e. The van der Waals surface area contributed by atoms with Crippen LogP contribution in [-0.4, -0.2) is 39.5 Å². The van der Waals surface area contributed by atoms with Gasteiger partial charge in [-0.25, -0.2) is 4.21 Å². The van der Waals surface area contributed by atoms with Gasteiger partial charge in [-0.05, 0) is 12.1 Å². The molecule has 3 rings (SSSR count). The second-order valence-electron chi connectivity index (χ2n) is 4.74. The number of nitrogens with zero attached hydrogens (tertiary/aromatic N) is 2. The average Bonchev–Trinajstić information content (AvgIpc) is 2.78. The number of fused-ring (bicyclic) bond motifs is 1. The fourth-order valence-electron chi connectivity index (χ4n) is 2.70. The van der Waals surface area contributed by atoms with Crippen molar-refractivity contribution in [2.45, 2.75) is 5.03 Å². The molecule has 2 heterocycles. The number of rotatable bonds is 2. The molecule has 1 saturated heterocycles. The van der Waals surface area contributed by atoms with Gasteiger partial charge in [-0.2, -0.15) is 0 Å². The number of aryl methyl sites for hydroxylation is 1. The van der Waals surface area contributed by atoms with E-state index in [0.29, 0.717) is 5.03 Å². The molecule has 0 saturated carbocycles. The van der Waals surface area contributed by atoms with Gasteiger partial charge in [0, 0.05) is 38.6 Å². The van der Waals surface area contributed by atoms with Gasteiger partial charge in [-0.1, -0.05) is 12.1 Å². The first kappa shape index (κ1) is 12.7. The fourth-order valence-corrected chi connectivity index (χ4v) is 3.25. The lowest BCUT2D eigenvalue weighted by molar-refractivity contribution is 0.555. The summed E-state index contributed by atoms with van der Waals surface area (Å²) in [4.78, 5) is 2.32. The third kappa shape index (κ3) is 2.16. The maximum atomic E-state index is 11.3. The van der Waals surface area contributed by atoms with Gasteiger partial charge in [0.1, 0.15) is 5.03 Å². The summed E-state index contributed by atoms with van der Waals surface area (Å²) < 4.78 is 22.5. The molecule has 1 unspecified atom stereocenters. The van der Waals surface area contributed by atoms with Crippen LogP contribution in [0.15, 0.2) is 29.3 Å². The third-order valence-corrected chi connectivity index (χ3v) is 4.38. The minimum Gasteiger partial charge on any atom is -0.367 e. The highest BCUT2D eigenvalue weighted by molar-refractivity contribution is 7.79. The van der Waals surface area contributed by atoms with E-state index in [1.54, 1.807) is 6.07 Å². The van der Waals surface area contributed by atoms with Crippen molar-refractivity contribution in [3.8, 4) is 0 Å². The number of nitrogens with one attached hydrogen (secondary N) is 1. The quantitative estimate of drug-likeness (QED) is 0.810. The minimum atomic E-state index is -1.95. The molecule has 6 heteroatoms. The van der Waals surface area contributed by atoms with Gasteiger partial charge < -0.3 is 19.3 Å². The molecule has 0 spiro atoms. The highest BCUT2D eigenvalue weighted by atomic mass is 32.2. The number of aromatic nitrogens is 1. The summed E-state index contributed by atoms with van der Waals surface area (Å²) in [6, 6.07) is 7.86. The molecule has 1 aliphatic heterocycles. The topological polar surface area (TPSA) is 57.5 Å². The van der Waals surface area contributed by atoms with Crippen LogP contribution in [0.2, 0.25) is 0 Å². The molecular weight excluding hydrogens is 262 g/mol. The molecule has 1 fully saturated rings. The van der Waals surface area contributed by atoms with E-state index in [1.807, 2.05) is 23.7 Å². The van der Waals surface area contributed by atoms with E-state index in [0.717, 1.165) is 42.8 Å². The summed E-state index contributed by atoms with van der Waals surface area (Å²) >= 11 is -1.95. The molecule has 102 valence electrons. The van der Waals surface area contributed by atoms with Gasteiger partial charge >= 0.3 is 0 Å². The number of hydrogen-bond donors (Lipinski definition) is 2. The molecule has 2 aromatic rings. The Kier molecular flexibility index (Phi) is 3.30. The normalized spacial score (nSPS) is 17.9. The minimum absolute atomic E-state index is 0.442. The standard InChI is InChI=1S/C13H17N3O2S/c1-15-12(19(17)18)9-10-3-2-4-11(13(10)15)16-7-5-14-6-8-16/h2-4,9,14H,5-8H2,1H3,(H,17,18). The fraction of sp³-hybridized carbons (Fsp3) is 0.385. The van der Waals surface area contributed by atoms with Gasteiger partial charge in [-0.3, -0.25) is 0 Å². The van der Waals surface area contributed by atoms with Crippen LogP contribution in [0, 0.1) is 0 Å². The van der Waals surface area contributed by atoms with E-state index >= 15 is 0 Å². The van der Waals surface area contributed by atoms with Crippen LogP contribution in [0.4, 0.5) is 5.69 Å². The first-order chi connectivity index (χ1) is 9.18. The Hall–Kier alpha value is -1.37. The molecule has 0 bridgehead atoms. The zero-order chi connectivity index (χ0) is 13.4. The lowest BCUT2D eigenvalue weighted by Gasteiger charge is -2.30. The number of hydrogen-bond acceptors (Lipinski definition) is 3. The van der Waals surface area contributed by atoms with Crippen molar-refractivity contribution in [2.75, 3.05) is 31.1 Å². The van der Waals surface area contributed by atoms with Gasteiger partial charge in [0.2, 0.25) is 11.1 Å². The van der Waals surface area contributed by atoms with Gasteiger partial charge in [0.25, 0.3) is 0 Å². The van der Waals surface area contributed by atoms with E-state index in [-0.39, 0.29) is 0 Å². The Bertz CT molecular complexity index is 632. The van der Waals surface area contributed by atoms with E-state index in [4.69, 9.17) is 0 Å². The first-order valence-electron chi connectivity index (χ1n) is 6.33. The molecule has 1 aromatic carbocycles. The highest BCUT2D eigenvalue weighted by Crippen LogP contribution is 2.30. The molecule has 0 radical (unpaired) electrons. The molecule has 0 amide bonds. The van der Waals surface area contributed by atoms with Crippen molar-refractivity contribution in [1.29, 1.82) is 0 Å². The lowest BCUT2D eigenvalue weighted by atomic mass is 10.2. The lowest BCUT2D eigenvalue weighted by Crippen LogP contribution is -2.43. The Morgan fingerprint density at radius 3 is 2.74 bits per heavy atom. The van der Waals surface area contributed by atoms with Crippen LogP contribution in [0.5, 0.6) is 0 Å². The maximum absolute atomic E-state index is 11.3. The predicted octanol–water partition coefficient (Wildman–Crippen LogP) is 1.17. The molecule has 1 aliphatic rings. The average molecular weight is 279 g/mol. The number of para-hydroxylation sites is 1. The molecule has 1 atom stereocenters. The van der Waals surface area contributed by atoms with E-state index < -0.39 is 11.1 Å². The van der Waals surface area contributed by atoms with Gasteiger partial charge in [0.15, 0.2) is 0 Å². The zero-order valence-electron chi connectivity index (χ0n) is 10.8. The summed E-state index contributed by atoms with van der Waals surface area (Å²) in [5.41, 5.74) is 2.17. The Labute approximate surface area is 114 Å². The SMILES string of the molecule is Cn1c(S(=O)O)cc2cccc(N3CCNCC3)c21. The molecule has 19 heavy (non-hydrogen) atoms. The molecule has 1 aromatic heterocycles. The van der Waals surface area contributed by atoms with E-state index in [9.17, 15) is 8.76 Å². The molecule has 2 N–H and O–H groups in total. The Balaban J connectivity index is 2.16. The van der Waals surface area contributed by atoms with Crippen LogP contribution in [-0.2, 0) is 18.1 Å². The summed E-state index contributed by atoms with van der Waals surface area (Å²) in [6.45, 7) is 3.86. The monoisotopic (exact) mass is 279 g/mol. The zero-order valence-corrected chi connectivity index (χ0v) is 11.6. The van der Waals surface area contributed by atoms with Gasteiger partial charge in [0.05, 0.1) is 11.2 Å². The van der Waals surface area contributed by atoms with Crippen molar-refractivity contribution < 1.29 is 8.76 Å². The smallest absolute Gasteiger partial charge is 0.203 e. The summed E-state index contributed by atoms with van der Waals surface area (Å²) in [5, 5.41) is 4.79. The van der Waals surface area contributed by atoms with Crippen LogP contribution in [0.3, 0.4) is 0 Å². The van der Waals surface area contributed by atoms with Crippen LogP contribution >= 0.6 is 0 Å². The van der Waals surface area contributed by atoms with E-state index in [2.05, 4.69) is 16.3 Å². The summed E-state index contributed by atoms with van der Waals surface area (Å²) in [6.07, 6.45) is 0. The number of anilines is 1. The van der Waals surface area contributed by atoms with Crippen molar-refractivity contribution in [3.63, 3.8) is 0 Å². The number of benzene rings is 1. The predicted molar refractivity (Wildman–Crippen MR) is 77.0 cm³/mol. The molecule has 0 aliphatic carbocycles. The Morgan fingerprint density at radius 1 is 1.32 bits per heavy atom. The molecule has 5 nitrogen and oxygen atoms in total. The summed E-state index contributed by atoms with van der Waals surface area (Å²) in [5.74, 6) is 0. The van der Waals surface area contributed by atoms with Crippen LogP contribution in [0.1, 0.15) is 0 Å². The van der Waals surface area contributed by atoms with Gasteiger partial charge in [-0.15, -0.1) is 0 Å². The van der Waals surface area contributed by atoms with Crippen molar-refractivity contribution in [1.82, 2.24) is 9.88 Å². The van der Waals surface area contributed by atoms with Crippen molar-refractivity contribution in [3.05, 3.63) is 24.3 Å². The van der Waals surface area contributed by atoms with Crippen LogP contribution in [0.25, 0.3) is 10.9 Å². The third-order valence-electron chi connectivity index (χ3n) is 3.63. The first-order valence-corrected chi connectivity index (χ1v) is 7.44. The summed E-state index contributed by atoms with van der Waals surface area (Å²) in [7, 11) is 1.84. The molecular formula is C13H17N3O2S. The number of piperazine rings is 1. The van der Waals surface area contributed by atoms with Crippen molar-refractivity contribution in [2.24, 2.45) is 7.05 Å². The second-order valence-corrected chi connectivity index (χ2v) is 5.66.